The molecule has 0 bridgehead atoms. The Balaban J connectivity index is 1.64. The van der Waals surface area contributed by atoms with Crippen LogP contribution in [0.1, 0.15) is 5.56 Å². The first-order chi connectivity index (χ1) is 12.6. The largest absolute Gasteiger partial charge is 0.394 e. The second-order valence-corrected chi connectivity index (χ2v) is 6.61. The summed E-state index contributed by atoms with van der Waals surface area (Å²) in [5.41, 5.74) is 2.69. The number of nitrogens with one attached hydrogen (secondary N) is 1. The van der Waals surface area contributed by atoms with Gasteiger partial charge in [-0.25, -0.2) is 4.39 Å². The quantitative estimate of drug-likeness (QED) is 0.828. The second-order valence-electron chi connectivity index (χ2n) is 6.61. The van der Waals surface area contributed by atoms with Crippen molar-refractivity contribution in [3.8, 4) is 0 Å². The number of likely N-dealkylation sites (N-methyl/N-ethyl adjacent to an activating group) is 1. The Kier molecular flexibility index (Phi) is 5.73. The molecule has 1 atom stereocenters. The topological polar surface area (TPSA) is 55.8 Å². The first-order valence-corrected chi connectivity index (χ1v) is 8.76. The number of aliphatic hydroxyl groups is 1. The Hall–Kier alpha value is -2.60. The average molecular weight is 357 g/mol. The van der Waals surface area contributed by atoms with Crippen molar-refractivity contribution in [2.45, 2.75) is 12.5 Å². The molecule has 1 amide bonds. The van der Waals surface area contributed by atoms with Gasteiger partial charge in [-0.05, 0) is 30.2 Å². The molecule has 0 radical (unpaired) electrons. The maximum absolute atomic E-state index is 13.5. The molecule has 26 heavy (non-hydrogen) atoms. The number of carbonyl (C=O) groups excluding carboxylic acids is 1. The fourth-order valence-electron chi connectivity index (χ4n) is 3.25. The molecule has 6 heteroatoms. The number of rotatable bonds is 6. The van der Waals surface area contributed by atoms with Gasteiger partial charge in [0.2, 0.25) is 5.91 Å². The van der Waals surface area contributed by atoms with Gasteiger partial charge in [0.15, 0.2) is 0 Å². The van der Waals surface area contributed by atoms with E-state index in [1.54, 1.807) is 6.07 Å². The highest BCUT2D eigenvalue weighted by atomic mass is 19.1. The zero-order chi connectivity index (χ0) is 18.5. The predicted molar refractivity (Wildman–Crippen MR) is 101 cm³/mol. The maximum atomic E-state index is 13.5. The fraction of sp³-hybridized carbons (Fsp3) is 0.350. The monoisotopic (exact) mass is 357 g/mol. The van der Waals surface area contributed by atoms with Gasteiger partial charge in [-0.2, -0.15) is 0 Å². The SMILES string of the molecule is CN1CCN(CC(=O)NC(CO)Cc2ccccc2)c2ccc(F)cc21. The zero-order valence-corrected chi connectivity index (χ0v) is 14.9. The molecule has 1 heterocycles. The molecular formula is C20H24FN3O2. The van der Waals surface area contributed by atoms with Gasteiger partial charge in [0, 0.05) is 20.1 Å². The molecule has 2 N–H and O–H groups in total. The molecule has 0 aliphatic carbocycles. The molecule has 1 aliphatic heterocycles. The van der Waals surface area contributed by atoms with E-state index < -0.39 is 0 Å². The van der Waals surface area contributed by atoms with Gasteiger partial charge in [-0.15, -0.1) is 0 Å². The average Bonchev–Trinajstić information content (AvgIpc) is 2.64. The number of amides is 1. The molecule has 0 aromatic heterocycles. The third kappa shape index (κ3) is 4.32. The van der Waals surface area contributed by atoms with Gasteiger partial charge in [-0.1, -0.05) is 30.3 Å². The standard InChI is InChI=1S/C20H24FN3O2/c1-23-9-10-24(18-8-7-16(21)12-19(18)23)13-20(26)22-17(14-25)11-15-5-3-2-4-6-15/h2-8,12,17,25H,9-11,13-14H2,1H3,(H,22,26). The van der Waals surface area contributed by atoms with Crippen LogP contribution < -0.4 is 15.1 Å². The molecule has 0 spiro atoms. The van der Waals surface area contributed by atoms with Crippen LogP contribution in [0.15, 0.2) is 48.5 Å². The van der Waals surface area contributed by atoms with Gasteiger partial charge in [-0.3, -0.25) is 4.79 Å². The van der Waals surface area contributed by atoms with E-state index in [0.717, 1.165) is 23.5 Å². The van der Waals surface area contributed by atoms with Crippen LogP contribution in [0.5, 0.6) is 0 Å². The van der Waals surface area contributed by atoms with Crippen molar-refractivity contribution < 1.29 is 14.3 Å². The number of halogens is 1. The number of nitrogens with zero attached hydrogens (tertiary/aromatic N) is 2. The predicted octanol–water partition coefficient (Wildman–Crippen LogP) is 1.80. The molecule has 1 aliphatic rings. The van der Waals surface area contributed by atoms with Gasteiger partial charge >= 0.3 is 0 Å². The van der Waals surface area contributed by atoms with Crippen molar-refractivity contribution in [2.75, 3.05) is 43.1 Å². The Morgan fingerprint density at radius 1 is 1.19 bits per heavy atom. The molecule has 3 rings (SSSR count). The minimum absolute atomic E-state index is 0.120. The molecule has 5 nitrogen and oxygen atoms in total. The third-order valence-electron chi connectivity index (χ3n) is 4.64. The highest BCUT2D eigenvalue weighted by Gasteiger charge is 2.23. The van der Waals surface area contributed by atoms with Gasteiger partial charge < -0.3 is 20.2 Å². The van der Waals surface area contributed by atoms with E-state index in [1.165, 1.54) is 12.1 Å². The molecule has 0 fully saturated rings. The third-order valence-corrected chi connectivity index (χ3v) is 4.64. The van der Waals surface area contributed by atoms with E-state index in [0.29, 0.717) is 13.0 Å². The zero-order valence-electron chi connectivity index (χ0n) is 14.9. The van der Waals surface area contributed by atoms with Crippen molar-refractivity contribution in [2.24, 2.45) is 0 Å². The van der Waals surface area contributed by atoms with Crippen LogP contribution in [0.4, 0.5) is 15.8 Å². The van der Waals surface area contributed by atoms with E-state index in [-0.39, 0.29) is 30.9 Å². The molecular weight excluding hydrogens is 333 g/mol. The minimum atomic E-state index is -0.329. The summed E-state index contributed by atoms with van der Waals surface area (Å²) in [7, 11) is 1.91. The Labute approximate surface area is 153 Å². The van der Waals surface area contributed by atoms with E-state index in [2.05, 4.69) is 5.32 Å². The molecule has 0 saturated carbocycles. The Bertz CT molecular complexity index is 754. The number of hydrogen-bond acceptors (Lipinski definition) is 4. The van der Waals surface area contributed by atoms with Crippen LogP contribution in [0.2, 0.25) is 0 Å². The maximum Gasteiger partial charge on any atom is 0.239 e. The van der Waals surface area contributed by atoms with Crippen molar-refractivity contribution in [1.82, 2.24) is 5.32 Å². The second kappa shape index (κ2) is 8.19. The van der Waals surface area contributed by atoms with Gasteiger partial charge in [0.25, 0.3) is 0 Å². The highest BCUT2D eigenvalue weighted by Crippen LogP contribution is 2.32. The number of fused-ring (bicyclic) bond motifs is 1. The van der Waals surface area contributed by atoms with Crippen molar-refractivity contribution in [3.05, 3.63) is 59.9 Å². The lowest BCUT2D eigenvalue weighted by Crippen LogP contribution is -2.48. The molecule has 1 unspecified atom stereocenters. The minimum Gasteiger partial charge on any atom is -0.394 e. The van der Waals surface area contributed by atoms with E-state index in [1.807, 2.05) is 47.2 Å². The van der Waals surface area contributed by atoms with Gasteiger partial charge in [0.05, 0.1) is 30.6 Å². The molecule has 138 valence electrons. The van der Waals surface area contributed by atoms with Crippen LogP contribution in [-0.2, 0) is 11.2 Å². The number of carbonyl (C=O) groups is 1. The molecule has 2 aromatic carbocycles. The summed E-state index contributed by atoms with van der Waals surface area (Å²) in [4.78, 5) is 16.4. The lowest BCUT2D eigenvalue weighted by molar-refractivity contribution is -0.120. The van der Waals surface area contributed by atoms with Crippen LogP contribution >= 0.6 is 0 Å². The van der Waals surface area contributed by atoms with Crippen LogP contribution in [0, 0.1) is 5.82 Å². The summed E-state index contributed by atoms with van der Waals surface area (Å²) in [5.74, 6) is -0.440. The number of aliphatic hydroxyl groups excluding tert-OH is 1. The summed E-state index contributed by atoms with van der Waals surface area (Å²) >= 11 is 0. The van der Waals surface area contributed by atoms with Crippen molar-refractivity contribution in [3.63, 3.8) is 0 Å². The van der Waals surface area contributed by atoms with Crippen LogP contribution in [0.3, 0.4) is 0 Å². The first-order valence-electron chi connectivity index (χ1n) is 8.76. The van der Waals surface area contributed by atoms with E-state index in [9.17, 15) is 14.3 Å². The number of benzene rings is 2. The Morgan fingerprint density at radius 3 is 2.69 bits per heavy atom. The Morgan fingerprint density at radius 2 is 1.96 bits per heavy atom. The summed E-state index contributed by atoms with van der Waals surface area (Å²) in [6.45, 7) is 1.46. The lowest BCUT2D eigenvalue weighted by Gasteiger charge is -2.36. The van der Waals surface area contributed by atoms with Crippen LogP contribution in [-0.4, -0.2) is 50.3 Å². The summed E-state index contributed by atoms with van der Waals surface area (Å²) in [6.07, 6.45) is 0.577. The summed E-state index contributed by atoms with van der Waals surface area (Å²) in [6, 6.07) is 14.0. The summed E-state index contributed by atoms with van der Waals surface area (Å²) in [5, 5.41) is 12.5. The lowest BCUT2D eigenvalue weighted by atomic mass is 10.1. The highest BCUT2D eigenvalue weighted by molar-refractivity contribution is 5.84. The van der Waals surface area contributed by atoms with E-state index in [4.69, 9.17) is 0 Å². The van der Waals surface area contributed by atoms with E-state index >= 15 is 0 Å². The molecule has 0 saturated heterocycles. The summed E-state index contributed by atoms with van der Waals surface area (Å²) < 4.78 is 13.5. The van der Waals surface area contributed by atoms with Gasteiger partial charge in [0.1, 0.15) is 5.82 Å². The first kappa shape index (κ1) is 18.2. The smallest absolute Gasteiger partial charge is 0.239 e. The van der Waals surface area contributed by atoms with Crippen molar-refractivity contribution >= 4 is 17.3 Å². The fourth-order valence-corrected chi connectivity index (χ4v) is 3.25. The number of hydrogen-bond donors (Lipinski definition) is 2. The van der Waals surface area contributed by atoms with Crippen LogP contribution in [0.25, 0.3) is 0 Å². The normalized spacial score (nSPS) is 14.7. The number of anilines is 2. The van der Waals surface area contributed by atoms with Crippen molar-refractivity contribution in [1.29, 1.82) is 0 Å². The molecule has 2 aromatic rings.